The summed E-state index contributed by atoms with van der Waals surface area (Å²) < 4.78 is 26.1. The summed E-state index contributed by atoms with van der Waals surface area (Å²) in [7, 11) is 0. The maximum absolute atomic E-state index is 13.3. The molecule has 144 valence electrons. The average molecular weight is 401 g/mol. The van der Waals surface area contributed by atoms with Crippen LogP contribution < -0.4 is 5.73 Å². The molecule has 0 radical (unpaired) electrons. The van der Waals surface area contributed by atoms with Crippen molar-refractivity contribution < 1.29 is 13.6 Å². The zero-order chi connectivity index (χ0) is 19.7. The second kappa shape index (κ2) is 7.59. The van der Waals surface area contributed by atoms with Gasteiger partial charge in [0.2, 0.25) is 5.91 Å². The molecule has 1 aliphatic heterocycles. The fraction of sp³-hybridized carbons (Fsp3) is 0.263. The molecule has 0 bridgehead atoms. The van der Waals surface area contributed by atoms with Gasteiger partial charge in [-0.1, -0.05) is 0 Å². The molecule has 28 heavy (non-hydrogen) atoms. The van der Waals surface area contributed by atoms with Gasteiger partial charge in [-0.3, -0.25) is 4.79 Å². The Morgan fingerprint density at radius 1 is 1.18 bits per heavy atom. The van der Waals surface area contributed by atoms with Crippen LogP contribution in [0, 0.1) is 16.9 Å². The number of halogens is 2. The molecule has 1 amide bonds. The number of carbonyl (C=O) groups excluding carboxylic acids is 1. The van der Waals surface area contributed by atoms with Gasteiger partial charge in [-0.25, -0.2) is 19.3 Å². The minimum Gasteiger partial charge on any atom is -0.397 e. The van der Waals surface area contributed by atoms with E-state index in [9.17, 15) is 13.6 Å². The predicted octanol–water partition coefficient (Wildman–Crippen LogP) is 2.70. The smallest absolute Gasteiger partial charge is 0.228 e. The Kier molecular flexibility index (Phi) is 4.99. The fourth-order valence-electron chi connectivity index (χ4n) is 3.10. The number of nitrogens with two attached hydrogens (primary N) is 1. The first-order valence-electron chi connectivity index (χ1n) is 8.73. The molecule has 0 unspecified atom stereocenters. The van der Waals surface area contributed by atoms with Crippen LogP contribution in [0.1, 0.15) is 11.5 Å². The van der Waals surface area contributed by atoms with Gasteiger partial charge >= 0.3 is 0 Å². The number of amides is 1. The van der Waals surface area contributed by atoms with Gasteiger partial charge in [0.15, 0.2) is 10.9 Å². The van der Waals surface area contributed by atoms with Gasteiger partial charge in [-0.05, 0) is 24.3 Å². The summed E-state index contributed by atoms with van der Waals surface area (Å²) in [6.45, 7) is 1.19. The maximum Gasteiger partial charge on any atom is 0.228 e. The lowest BCUT2D eigenvalue weighted by Crippen LogP contribution is -2.51. The van der Waals surface area contributed by atoms with Gasteiger partial charge in [0.25, 0.3) is 0 Å². The van der Waals surface area contributed by atoms with Crippen molar-refractivity contribution in [1.29, 1.82) is 0 Å². The summed E-state index contributed by atoms with van der Waals surface area (Å²) in [5, 5.41) is -0.289. The molecule has 2 N–H and O–H groups in total. The van der Waals surface area contributed by atoms with Crippen LogP contribution in [0.15, 0.2) is 36.7 Å². The molecule has 0 aromatic carbocycles. The van der Waals surface area contributed by atoms with Crippen LogP contribution in [-0.4, -0.2) is 38.8 Å². The van der Waals surface area contributed by atoms with E-state index in [1.54, 1.807) is 23.1 Å². The number of nitrogens with zero attached hydrogens (tertiary/aromatic N) is 4. The molecule has 6 nitrogen and oxygen atoms in total. The van der Waals surface area contributed by atoms with Gasteiger partial charge in [-0.2, -0.15) is 4.39 Å². The van der Waals surface area contributed by atoms with Crippen molar-refractivity contribution in [1.82, 2.24) is 19.9 Å². The van der Waals surface area contributed by atoms with E-state index < -0.39 is 5.82 Å². The number of anilines is 1. The van der Waals surface area contributed by atoms with Crippen LogP contribution in [-0.2, 0) is 17.6 Å². The van der Waals surface area contributed by atoms with Gasteiger partial charge in [0.1, 0.15) is 5.82 Å². The van der Waals surface area contributed by atoms with Crippen LogP contribution >= 0.6 is 11.3 Å². The molecular weight excluding hydrogens is 384 g/mol. The molecule has 0 aliphatic carbocycles. The lowest BCUT2D eigenvalue weighted by molar-refractivity contribution is -0.136. The molecule has 1 aliphatic rings. The highest BCUT2D eigenvalue weighted by Crippen LogP contribution is 2.28. The SMILES string of the molecule is Nc1ccc(-c2ccc(F)s2)nc1CC(=O)N1CC(Cc2ncc(F)cn2)C1. The molecule has 4 heterocycles. The van der Waals surface area contributed by atoms with Crippen molar-refractivity contribution in [3.05, 3.63) is 59.1 Å². The van der Waals surface area contributed by atoms with E-state index in [0.29, 0.717) is 47.3 Å². The van der Waals surface area contributed by atoms with Gasteiger partial charge < -0.3 is 10.6 Å². The molecule has 0 spiro atoms. The molecule has 3 aromatic rings. The first-order chi connectivity index (χ1) is 13.5. The van der Waals surface area contributed by atoms with Crippen molar-refractivity contribution in [3.8, 4) is 10.6 Å². The lowest BCUT2D eigenvalue weighted by Gasteiger charge is -2.39. The quantitative estimate of drug-likeness (QED) is 0.711. The number of likely N-dealkylation sites (tertiary alicyclic amines) is 1. The van der Waals surface area contributed by atoms with E-state index in [1.165, 1.54) is 6.07 Å². The summed E-state index contributed by atoms with van der Waals surface area (Å²) >= 11 is 0.998. The maximum atomic E-state index is 13.3. The molecule has 1 fully saturated rings. The Balaban J connectivity index is 1.36. The molecule has 1 saturated heterocycles. The molecular formula is C19H17F2N5OS. The highest BCUT2D eigenvalue weighted by Gasteiger charge is 2.31. The zero-order valence-electron chi connectivity index (χ0n) is 14.8. The highest BCUT2D eigenvalue weighted by molar-refractivity contribution is 7.13. The van der Waals surface area contributed by atoms with E-state index in [-0.39, 0.29) is 23.4 Å². The normalized spacial score (nSPS) is 14.1. The Labute approximate surface area is 164 Å². The van der Waals surface area contributed by atoms with Gasteiger partial charge in [0.05, 0.1) is 40.8 Å². The fourth-order valence-corrected chi connectivity index (χ4v) is 3.80. The predicted molar refractivity (Wildman–Crippen MR) is 101 cm³/mol. The number of hydrogen-bond donors (Lipinski definition) is 1. The van der Waals surface area contributed by atoms with E-state index in [1.807, 2.05) is 0 Å². The van der Waals surface area contributed by atoms with Crippen molar-refractivity contribution in [3.63, 3.8) is 0 Å². The van der Waals surface area contributed by atoms with Crippen molar-refractivity contribution in [2.75, 3.05) is 18.8 Å². The third-order valence-corrected chi connectivity index (χ3v) is 5.50. The topological polar surface area (TPSA) is 85.0 Å². The van der Waals surface area contributed by atoms with E-state index in [2.05, 4.69) is 15.0 Å². The largest absolute Gasteiger partial charge is 0.397 e. The summed E-state index contributed by atoms with van der Waals surface area (Å²) in [6.07, 6.45) is 2.98. The Morgan fingerprint density at radius 2 is 1.93 bits per heavy atom. The summed E-state index contributed by atoms with van der Waals surface area (Å²) in [4.78, 5) is 27.3. The van der Waals surface area contributed by atoms with Crippen molar-refractivity contribution >= 4 is 22.9 Å². The zero-order valence-corrected chi connectivity index (χ0v) is 15.6. The minimum atomic E-state index is -0.466. The number of aromatic nitrogens is 3. The van der Waals surface area contributed by atoms with E-state index >= 15 is 0 Å². The lowest BCUT2D eigenvalue weighted by atomic mass is 9.95. The van der Waals surface area contributed by atoms with Crippen LogP contribution in [0.5, 0.6) is 0 Å². The number of pyridine rings is 1. The second-order valence-corrected chi connectivity index (χ2v) is 7.73. The molecule has 0 atom stereocenters. The van der Waals surface area contributed by atoms with Crippen LogP contribution in [0.4, 0.5) is 14.5 Å². The van der Waals surface area contributed by atoms with E-state index in [0.717, 1.165) is 23.7 Å². The van der Waals surface area contributed by atoms with E-state index in [4.69, 9.17) is 5.73 Å². The minimum absolute atomic E-state index is 0.0648. The number of carbonyl (C=O) groups is 1. The number of hydrogen-bond acceptors (Lipinski definition) is 6. The Hall–Kier alpha value is -2.94. The molecule has 3 aromatic heterocycles. The van der Waals surface area contributed by atoms with Crippen LogP contribution in [0.3, 0.4) is 0 Å². The number of rotatable bonds is 5. The first kappa shape index (κ1) is 18.4. The highest BCUT2D eigenvalue weighted by atomic mass is 32.1. The third kappa shape index (κ3) is 3.99. The van der Waals surface area contributed by atoms with Crippen LogP contribution in [0.25, 0.3) is 10.6 Å². The summed E-state index contributed by atoms with van der Waals surface area (Å²) in [5.41, 5.74) is 7.49. The Bertz CT molecular complexity index is 1000. The second-order valence-electron chi connectivity index (χ2n) is 6.70. The molecule has 0 saturated carbocycles. The summed E-state index contributed by atoms with van der Waals surface area (Å²) in [5.74, 6) is 0.289. The standard InChI is InChI=1S/C19H17F2N5OS/c20-12-7-23-18(24-8-12)5-11-9-26(10-11)19(27)6-15-13(22)1-2-14(25-15)16-3-4-17(21)28-16/h1-4,7-8,11H,5-6,9-10,22H2. The van der Waals surface area contributed by atoms with Gasteiger partial charge in [-0.15, -0.1) is 11.3 Å². The Morgan fingerprint density at radius 3 is 2.61 bits per heavy atom. The molecule has 9 heteroatoms. The monoisotopic (exact) mass is 401 g/mol. The van der Waals surface area contributed by atoms with Crippen LogP contribution in [0.2, 0.25) is 0 Å². The third-order valence-electron chi connectivity index (χ3n) is 4.61. The molecule has 4 rings (SSSR count). The average Bonchev–Trinajstić information content (AvgIpc) is 3.07. The summed E-state index contributed by atoms with van der Waals surface area (Å²) in [6, 6.07) is 6.44. The number of nitrogen functional groups attached to an aromatic ring is 1. The van der Waals surface area contributed by atoms with Crippen molar-refractivity contribution in [2.24, 2.45) is 5.92 Å². The number of thiophene rings is 1. The first-order valence-corrected chi connectivity index (χ1v) is 9.55. The van der Waals surface area contributed by atoms with Crippen molar-refractivity contribution in [2.45, 2.75) is 12.8 Å². The van der Waals surface area contributed by atoms with Gasteiger partial charge in [0, 0.05) is 25.4 Å².